The van der Waals surface area contributed by atoms with Crippen LogP contribution in [0.3, 0.4) is 0 Å². The van der Waals surface area contributed by atoms with Gasteiger partial charge in [-0.15, -0.1) is 0 Å². The second kappa shape index (κ2) is 6.84. The van der Waals surface area contributed by atoms with Crippen molar-refractivity contribution in [1.29, 1.82) is 0 Å². The van der Waals surface area contributed by atoms with E-state index in [2.05, 4.69) is 11.7 Å². The van der Waals surface area contributed by atoms with Gasteiger partial charge in [0, 0.05) is 5.56 Å². The fraction of sp³-hybridized carbons (Fsp3) is 0.105. The molecule has 3 rings (SSSR count). The third-order valence-electron chi connectivity index (χ3n) is 3.50. The summed E-state index contributed by atoms with van der Waals surface area (Å²) < 4.78 is 47.2. The zero-order chi connectivity index (χ0) is 17.9. The normalized spacial score (nSPS) is 11.3. The van der Waals surface area contributed by atoms with Crippen LogP contribution in [0.2, 0.25) is 0 Å². The average molecular weight is 344 g/mol. The molecule has 0 aliphatic rings. The lowest BCUT2D eigenvalue weighted by molar-refractivity contribution is -0.142. The predicted octanol–water partition coefficient (Wildman–Crippen LogP) is 5.12. The first-order valence-corrected chi connectivity index (χ1v) is 7.57. The molecule has 0 N–H and O–H groups in total. The largest absolute Gasteiger partial charge is 0.485 e. The summed E-state index contributed by atoms with van der Waals surface area (Å²) in [5.74, 6) is -0.303. The number of hydrogen-bond donors (Lipinski definition) is 0. The van der Waals surface area contributed by atoms with E-state index in [-0.39, 0.29) is 18.1 Å². The average Bonchev–Trinajstić information content (AvgIpc) is 3.01. The van der Waals surface area contributed by atoms with Crippen molar-refractivity contribution in [1.82, 2.24) is 9.78 Å². The molecular weight excluding hydrogens is 329 g/mol. The molecule has 0 fully saturated rings. The highest BCUT2D eigenvalue weighted by atomic mass is 19.4. The van der Waals surface area contributed by atoms with Crippen LogP contribution < -0.4 is 4.74 Å². The van der Waals surface area contributed by atoms with Crippen molar-refractivity contribution in [3.63, 3.8) is 0 Å². The second-order valence-electron chi connectivity index (χ2n) is 5.24. The first-order chi connectivity index (χ1) is 12.0. The van der Waals surface area contributed by atoms with Gasteiger partial charge >= 0.3 is 6.18 Å². The standard InChI is InChI=1S/C19H15F3N2O/c1-2-13-25-17-16(14-9-5-3-6-10-14)24(15-11-7-4-8-12-15)23-18(17)19(20,21)22/h2-12H,1,13H2. The summed E-state index contributed by atoms with van der Waals surface area (Å²) in [6.45, 7) is 3.45. The highest BCUT2D eigenvalue weighted by Crippen LogP contribution is 2.42. The van der Waals surface area contributed by atoms with Crippen molar-refractivity contribution in [3.05, 3.63) is 79.0 Å². The van der Waals surface area contributed by atoms with E-state index in [0.29, 0.717) is 11.3 Å². The van der Waals surface area contributed by atoms with E-state index < -0.39 is 11.9 Å². The molecule has 1 heterocycles. The van der Waals surface area contributed by atoms with Crippen molar-refractivity contribution in [3.8, 4) is 22.7 Å². The minimum Gasteiger partial charge on any atom is -0.485 e. The summed E-state index contributed by atoms with van der Waals surface area (Å²) in [6.07, 6.45) is -3.24. The Bertz CT molecular complexity index is 856. The summed E-state index contributed by atoms with van der Waals surface area (Å²) in [5.41, 5.74) is 0.284. The monoisotopic (exact) mass is 344 g/mol. The minimum atomic E-state index is -4.64. The lowest BCUT2D eigenvalue weighted by atomic mass is 10.1. The molecule has 0 amide bonds. The number of hydrogen-bond acceptors (Lipinski definition) is 2. The van der Waals surface area contributed by atoms with Crippen LogP contribution in [0.15, 0.2) is 73.3 Å². The van der Waals surface area contributed by atoms with Crippen LogP contribution in [0.25, 0.3) is 16.9 Å². The number of halogens is 3. The quantitative estimate of drug-likeness (QED) is 0.601. The molecule has 1 aromatic heterocycles. The van der Waals surface area contributed by atoms with Gasteiger partial charge in [0.2, 0.25) is 5.69 Å². The van der Waals surface area contributed by atoms with Crippen LogP contribution in [-0.4, -0.2) is 16.4 Å². The third kappa shape index (κ3) is 3.42. The number of ether oxygens (including phenoxy) is 1. The van der Waals surface area contributed by atoms with Crippen LogP contribution in [0.5, 0.6) is 5.75 Å². The Hall–Kier alpha value is -3.02. The molecule has 0 spiro atoms. The van der Waals surface area contributed by atoms with E-state index >= 15 is 0 Å². The van der Waals surface area contributed by atoms with Crippen molar-refractivity contribution in [2.24, 2.45) is 0 Å². The van der Waals surface area contributed by atoms with Gasteiger partial charge in [-0.1, -0.05) is 61.2 Å². The molecule has 0 unspecified atom stereocenters. The Labute approximate surface area is 143 Å². The molecule has 128 valence electrons. The van der Waals surface area contributed by atoms with Crippen LogP contribution in [0.4, 0.5) is 13.2 Å². The molecule has 2 aromatic carbocycles. The Morgan fingerprint density at radius 2 is 1.60 bits per heavy atom. The Morgan fingerprint density at radius 3 is 2.16 bits per heavy atom. The second-order valence-corrected chi connectivity index (χ2v) is 5.24. The van der Waals surface area contributed by atoms with Gasteiger partial charge in [-0.3, -0.25) is 0 Å². The van der Waals surface area contributed by atoms with Gasteiger partial charge in [0.25, 0.3) is 0 Å². The van der Waals surface area contributed by atoms with Crippen LogP contribution >= 0.6 is 0 Å². The van der Waals surface area contributed by atoms with Crippen molar-refractivity contribution in [2.75, 3.05) is 6.61 Å². The molecule has 25 heavy (non-hydrogen) atoms. The fourth-order valence-electron chi connectivity index (χ4n) is 2.47. The number of alkyl halides is 3. The zero-order valence-corrected chi connectivity index (χ0v) is 13.2. The van der Waals surface area contributed by atoms with Gasteiger partial charge in [-0.2, -0.15) is 18.3 Å². The molecule has 3 aromatic rings. The van der Waals surface area contributed by atoms with Crippen molar-refractivity contribution < 1.29 is 17.9 Å². The number of aromatic nitrogens is 2. The molecule has 0 saturated carbocycles. The SMILES string of the molecule is C=CCOc1c(C(F)(F)F)nn(-c2ccccc2)c1-c1ccccc1. The number of para-hydroxylation sites is 1. The van der Waals surface area contributed by atoms with E-state index in [1.807, 2.05) is 0 Å². The first kappa shape index (κ1) is 16.8. The van der Waals surface area contributed by atoms with Crippen molar-refractivity contribution in [2.45, 2.75) is 6.18 Å². The van der Waals surface area contributed by atoms with Gasteiger partial charge in [0.1, 0.15) is 12.3 Å². The van der Waals surface area contributed by atoms with Gasteiger partial charge in [0.15, 0.2) is 5.75 Å². The lowest BCUT2D eigenvalue weighted by Crippen LogP contribution is -2.09. The smallest absolute Gasteiger partial charge is 0.438 e. The minimum absolute atomic E-state index is 0.0522. The maximum Gasteiger partial charge on any atom is 0.438 e. The third-order valence-corrected chi connectivity index (χ3v) is 3.50. The number of benzene rings is 2. The highest BCUT2D eigenvalue weighted by molar-refractivity contribution is 5.70. The van der Waals surface area contributed by atoms with E-state index in [1.165, 1.54) is 10.8 Å². The maximum atomic E-state index is 13.5. The molecule has 0 aliphatic heterocycles. The maximum absolute atomic E-state index is 13.5. The van der Waals surface area contributed by atoms with Gasteiger partial charge in [-0.05, 0) is 12.1 Å². The summed E-state index contributed by atoms with van der Waals surface area (Å²) in [7, 11) is 0. The zero-order valence-electron chi connectivity index (χ0n) is 13.2. The van der Waals surface area contributed by atoms with Crippen molar-refractivity contribution >= 4 is 0 Å². The summed E-state index contributed by atoms with van der Waals surface area (Å²) >= 11 is 0. The Balaban J connectivity index is 2.30. The van der Waals surface area contributed by atoms with Gasteiger partial charge < -0.3 is 4.74 Å². The molecule has 0 bridgehead atoms. The molecule has 6 heteroatoms. The molecule has 3 nitrogen and oxygen atoms in total. The van der Waals surface area contributed by atoms with Crippen LogP contribution in [-0.2, 0) is 6.18 Å². The van der Waals surface area contributed by atoms with Gasteiger partial charge in [-0.25, -0.2) is 4.68 Å². The molecule has 0 saturated heterocycles. The lowest BCUT2D eigenvalue weighted by Gasteiger charge is -2.11. The fourth-order valence-corrected chi connectivity index (χ4v) is 2.47. The number of nitrogens with zero attached hydrogens (tertiary/aromatic N) is 2. The highest BCUT2D eigenvalue weighted by Gasteiger charge is 2.41. The number of rotatable bonds is 5. The van der Waals surface area contributed by atoms with E-state index in [4.69, 9.17) is 4.74 Å². The summed E-state index contributed by atoms with van der Waals surface area (Å²) in [4.78, 5) is 0. The summed E-state index contributed by atoms with van der Waals surface area (Å²) in [5, 5.41) is 3.81. The first-order valence-electron chi connectivity index (χ1n) is 7.57. The molecule has 0 radical (unpaired) electrons. The van der Waals surface area contributed by atoms with E-state index in [0.717, 1.165) is 0 Å². The topological polar surface area (TPSA) is 27.1 Å². The van der Waals surface area contributed by atoms with Crippen LogP contribution in [0, 0.1) is 0 Å². The summed E-state index contributed by atoms with van der Waals surface area (Å²) in [6, 6.07) is 17.4. The molecular formula is C19H15F3N2O. The van der Waals surface area contributed by atoms with Gasteiger partial charge in [0.05, 0.1) is 5.69 Å². The van der Waals surface area contributed by atoms with Crippen LogP contribution in [0.1, 0.15) is 5.69 Å². The Morgan fingerprint density at radius 1 is 1.00 bits per heavy atom. The predicted molar refractivity (Wildman–Crippen MR) is 89.7 cm³/mol. The molecule has 0 atom stereocenters. The molecule has 0 aliphatic carbocycles. The van der Waals surface area contributed by atoms with E-state index in [9.17, 15) is 13.2 Å². The van der Waals surface area contributed by atoms with E-state index in [1.54, 1.807) is 60.7 Å². The Kier molecular flexibility index (Phi) is 4.61.